The van der Waals surface area contributed by atoms with Crippen LogP contribution in [0.4, 0.5) is 23.9 Å². The smallest absolute Gasteiger partial charge is 0.451 e. The number of hydrogen-bond acceptors (Lipinski definition) is 8. The van der Waals surface area contributed by atoms with Crippen molar-refractivity contribution in [1.82, 2.24) is 19.7 Å². The fraction of sp³-hybridized carbons (Fsp3) is 0.385. The third-order valence-electron chi connectivity index (χ3n) is 2.98. The maximum atomic E-state index is 12.7. The second-order valence-electron chi connectivity index (χ2n) is 4.84. The molecule has 0 bridgehead atoms. The van der Waals surface area contributed by atoms with Crippen LogP contribution in [0.3, 0.4) is 0 Å². The van der Waals surface area contributed by atoms with Crippen molar-refractivity contribution in [2.75, 3.05) is 12.4 Å². The molecule has 27 heavy (non-hydrogen) atoms. The molecule has 2 heterocycles. The zero-order valence-corrected chi connectivity index (χ0v) is 15.8. The van der Waals surface area contributed by atoms with Crippen molar-refractivity contribution in [3.05, 3.63) is 21.6 Å². The average Bonchev–Trinajstić information content (AvgIpc) is 2.93. The molecule has 1 atom stereocenters. The third-order valence-corrected chi connectivity index (χ3v) is 4.59. The molecule has 0 aliphatic rings. The number of nitrogens with zero attached hydrogens (tertiary/aromatic N) is 3. The lowest BCUT2D eigenvalue weighted by Crippen LogP contribution is -2.33. The van der Waals surface area contributed by atoms with Gasteiger partial charge in [-0.3, -0.25) is 5.32 Å². The number of rotatable bonds is 6. The standard InChI is InChI=1S/C13H14F3N5O4S2/c1-4-7-5-26-6(2)8(7)25-27(23)21-11(22)19-10-17-9(13(14,15)16)18-12(20-10)24-3/h5H,4H2,1-3H3,(H2,17,18,19,20,21,22). The van der Waals surface area contributed by atoms with Gasteiger partial charge in [0.05, 0.1) is 7.11 Å². The molecule has 2 aromatic heterocycles. The maximum Gasteiger partial charge on any atom is 0.451 e. The number of aryl methyl sites for hydroxylation is 2. The fourth-order valence-corrected chi connectivity index (χ4v) is 3.33. The van der Waals surface area contributed by atoms with Gasteiger partial charge >= 0.3 is 29.5 Å². The van der Waals surface area contributed by atoms with E-state index in [-0.39, 0.29) is 0 Å². The largest absolute Gasteiger partial charge is 0.467 e. The number of carbonyl (C=O) groups excluding carboxylic acids is 1. The molecule has 2 N–H and O–H groups in total. The summed E-state index contributed by atoms with van der Waals surface area (Å²) in [5.74, 6) is -1.91. The van der Waals surface area contributed by atoms with Crippen molar-refractivity contribution in [2.24, 2.45) is 0 Å². The van der Waals surface area contributed by atoms with Crippen molar-refractivity contribution in [3.63, 3.8) is 0 Å². The molecule has 2 aromatic rings. The van der Waals surface area contributed by atoms with Crippen LogP contribution in [-0.4, -0.2) is 32.3 Å². The molecule has 0 aliphatic heterocycles. The summed E-state index contributed by atoms with van der Waals surface area (Å²) >= 11 is -0.893. The molecular weight excluding hydrogens is 411 g/mol. The van der Waals surface area contributed by atoms with Gasteiger partial charge in [-0.25, -0.2) is 9.52 Å². The Labute approximate surface area is 158 Å². The number of urea groups is 1. The highest BCUT2D eigenvalue weighted by molar-refractivity contribution is 7.79. The summed E-state index contributed by atoms with van der Waals surface area (Å²) < 4.78 is 61.8. The molecule has 0 aliphatic carbocycles. The molecule has 14 heteroatoms. The van der Waals surface area contributed by atoms with E-state index in [4.69, 9.17) is 4.18 Å². The Morgan fingerprint density at radius 1 is 1.33 bits per heavy atom. The predicted molar refractivity (Wildman–Crippen MR) is 90.7 cm³/mol. The zero-order valence-electron chi connectivity index (χ0n) is 14.2. The van der Waals surface area contributed by atoms with E-state index in [0.29, 0.717) is 12.2 Å². The molecule has 1 unspecified atom stereocenters. The van der Waals surface area contributed by atoms with Crippen molar-refractivity contribution < 1.29 is 31.1 Å². The van der Waals surface area contributed by atoms with Crippen LogP contribution in [0, 0.1) is 6.92 Å². The van der Waals surface area contributed by atoms with Gasteiger partial charge in [0, 0.05) is 10.4 Å². The van der Waals surface area contributed by atoms with Gasteiger partial charge in [-0.15, -0.1) is 11.3 Å². The summed E-state index contributed by atoms with van der Waals surface area (Å²) in [5, 5.41) is 3.75. The average molecular weight is 425 g/mol. The summed E-state index contributed by atoms with van der Waals surface area (Å²) in [6.07, 6.45) is -4.24. The summed E-state index contributed by atoms with van der Waals surface area (Å²) in [6, 6.07) is -1.79. The zero-order chi connectivity index (χ0) is 20.2. The van der Waals surface area contributed by atoms with E-state index in [0.717, 1.165) is 17.6 Å². The molecule has 9 nitrogen and oxygen atoms in total. The summed E-state index contributed by atoms with van der Waals surface area (Å²) in [7, 11) is 1.05. The topological polar surface area (TPSA) is 115 Å². The van der Waals surface area contributed by atoms with Crippen LogP contribution < -0.4 is 19.0 Å². The summed E-state index contributed by atoms with van der Waals surface area (Å²) in [4.78, 5) is 22.2. The van der Waals surface area contributed by atoms with Crippen molar-refractivity contribution in [2.45, 2.75) is 26.4 Å². The van der Waals surface area contributed by atoms with E-state index < -0.39 is 41.3 Å². The first-order chi connectivity index (χ1) is 12.6. The van der Waals surface area contributed by atoms with Crippen LogP contribution in [0.15, 0.2) is 5.38 Å². The fourth-order valence-electron chi connectivity index (χ4n) is 1.78. The lowest BCUT2D eigenvalue weighted by molar-refractivity contribution is -0.145. The first-order valence-corrected chi connectivity index (χ1v) is 9.21. The van der Waals surface area contributed by atoms with Gasteiger partial charge in [0.15, 0.2) is 5.75 Å². The Hall–Kier alpha value is -2.48. The van der Waals surface area contributed by atoms with Crippen LogP contribution in [0.1, 0.15) is 23.2 Å². The Morgan fingerprint density at radius 2 is 2.04 bits per heavy atom. The third kappa shape index (κ3) is 5.50. The van der Waals surface area contributed by atoms with Gasteiger partial charge < -0.3 is 8.92 Å². The van der Waals surface area contributed by atoms with E-state index in [9.17, 15) is 22.2 Å². The highest BCUT2D eigenvalue weighted by atomic mass is 32.2. The molecule has 0 radical (unpaired) electrons. The summed E-state index contributed by atoms with van der Waals surface area (Å²) in [6.45, 7) is 3.63. The second kappa shape index (κ2) is 8.47. The minimum atomic E-state index is -4.87. The number of alkyl halides is 3. The minimum absolute atomic E-state index is 0.377. The molecule has 2 amide bonds. The SMILES string of the molecule is CCc1csc(C)c1OS(=O)NC(=O)Nc1nc(OC)nc(C(F)(F)F)n1. The van der Waals surface area contributed by atoms with Crippen LogP contribution in [-0.2, 0) is 23.9 Å². The van der Waals surface area contributed by atoms with Gasteiger partial charge in [0.2, 0.25) is 11.8 Å². The molecule has 0 spiro atoms. The van der Waals surface area contributed by atoms with Crippen LogP contribution in [0.25, 0.3) is 0 Å². The van der Waals surface area contributed by atoms with Crippen molar-refractivity contribution >= 4 is 34.6 Å². The number of hydrogen-bond donors (Lipinski definition) is 2. The quantitative estimate of drug-likeness (QED) is 0.731. The van der Waals surface area contributed by atoms with Crippen molar-refractivity contribution in [1.29, 1.82) is 0 Å². The molecule has 0 saturated heterocycles. The number of carbonyl (C=O) groups is 1. The van der Waals surface area contributed by atoms with E-state index in [1.165, 1.54) is 11.3 Å². The Kier molecular flexibility index (Phi) is 6.54. The number of nitrogens with one attached hydrogen (secondary N) is 2. The van der Waals surface area contributed by atoms with E-state index >= 15 is 0 Å². The normalized spacial score (nSPS) is 12.4. The van der Waals surface area contributed by atoms with E-state index in [1.54, 1.807) is 6.92 Å². The van der Waals surface area contributed by atoms with Crippen molar-refractivity contribution in [3.8, 4) is 11.8 Å². The van der Waals surface area contributed by atoms with Gasteiger partial charge in [-0.1, -0.05) is 6.92 Å². The number of thiophene rings is 1. The number of ether oxygens (including phenoxy) is 1. The molecule has 0 saturated carbocycles. The summed E-state index contributed by atoms with van der Waals surface area (Å²) in [5.41, 5.74) is 0.810. The monoisotopic (exact) mass is 425 g/mol. The molecular formula is C13H14F3N5O4S2. The number of halogens is 3. The number of anilines is 1. The molecule has 2 rings (SSSR count). The molecule has 148 valence electrons. The van der Waals surface area contributed by atoms with E-state index in [1.807, 2.05) is 22.3 Å². The highest BCUT2D eigenvalue weighted by Gasteiger charge is 2.36. The Balaban J connectivity index is 2.07. The van der Waals surface area contributed by atoms with Crippen LogP contribution in [0.2, 0.25) is 0 Å². The van der Waals surface area contributed by atoms with Crippen LogP contribution >= 0.6 is 11.3 Å². The van der Waals surface area contributed by atoms with Gasteiger partial charge in [-0.05, 0) is 18.7 Å². The lowest BCUT2D eigenvalue weighted by Gasteiger charge is -2.10. The first-order valence-electron chi connectivity index (χ1n) is 7.26. The Morgan fingerprint density at radius 3 is 2.63 bits per heavy atom. The van der Waals surface area contributed by atoms with Crippen LogP contribution in [0.5, 0.6) is 11.8 Å². The predicted octanol–water partition coefficient (Wildman–Crippen LogP) is 2.61. The van der Waals surface area contributed by atoms with Gasteiger partial charge in [0.25, 0.3) is 0 Å². The maximum absolute atomic E-state index is 12.7. The van der Waals surface area contributed by atoms with Gasteiger partial charge in [0.1, 0.15) is 0 Å². The minimum Gasteiger partial charge on any atom is -0.467 e. The first kappa shape index (κ1) is 20.8. The van der Waals surface area contributed by atoms with Gasteiger partial charge in [-0.2, -0.15) is 32.3 Å². The number of aromatic nitrogens is 3. The molecule has 0 aromatic carbocycles. The lowest BCUT2D eigenvalue weighted by atomic mass is 10.2. The highest BCUT2D eigenvalue weighted by Crippen LogP contribution is 2.30. The number of methoxy groups -OCH3 is 1. The molecule has 0 fully saturated rings. The number of amides is 2. The Bertz CT molecular complexity index is 859. The second-order valence-corrected chi connectivity index (χ2v) is 6.77. The van der Waals surface area contributed by atoms with E-state index in [2.05, 4.69) is 19.7 Å².